The molecule has 0 heterocycles. The molecule has 0 aliphatic heterocycles. The Kier molecular flexibility index (Phi) is 6.54. The number of benzene rings is 2. The Bertz CT molecular complexity index is 863. The normalized spacial score (nSPS) is 10.6. The van der Waals surface area contributed by atoms with Gasteiger partial charge < -0.3 is 9.47 Å². The first-order valence-corrected chi connectivity index (χ1v) is 8.37. The molecule has 0 aliphatic carbocycles. The fourth-order valence-corrected chi connectivity index (χ4v) is 3.11. The van der Waals surface area contributed by atoms with Crippen molar-refractivity contribution in [1.29, 1.82) is 5.26 Å². The largest absolute Gasteiger partial charge is 0.493 e. The number of nitriles is 1. The van der Waals surface area contributed by atoms with Gasteiger partial charge in [0.15, 0.2) is 11.5 Å². The molecule has 5 heteroatoms. The standard InChI is InChI=1S/C19H13ClINO2/c1-3-8-24-19-17(21)10-13(11-18(19)23-2)9-14(12-22)15-6-4-5-7-16(15)20/h1,4-7,9-11H,8H2,2H3. The maximum Gasteiger partial charge on any atom is 0.175 e. The van der Waals surface area contributed by atoms with Crippen molar-refractivity contribution in [3.05, 3.63) is 56.1 Å². The van der Waals surface area contributed by atoms with Crippen molar-refractivity contribution in [3.63, 3.8) is 0 Å². The summed E-state index contributed by atoms with van der Waals surface area (Å²) in [6.45, 7) is 0.157. The molecule has 0 bridgehead atoms. The van der Waals surface area contributed by atoms with E-state index in [4.69, 9.17) is 27.5 Å². The van der Waals surface area contributed by atoms with Gasteiger partial charge >= 0.3 is 0 Å². The molecule has 0 radical (unpaired) electrons. The smallest absolute Gasteiger partial charge is 0.175 e. The third-order valence-corrected chi connectivity index (χ3v) is 4.28. The molecule has 0 amide bonds. The molecule has 2 aromatic rings. The Labute approximate surface area is 160 Å². The maximum atomic E-state index is 9.47. The van der Waals surface area contributed by atoms with Gasteiger partial charge in [-0.1, -0.05) is 35.7 Å². The van der Waals surface area contributed by atoms with Crippen molar-refractivity contribution in [1.82, 2.24) is 0 Å². The molecule has 0 atom stereocenters. The summed E-state index contributed by atoms with van der Waals surface area (Å²) in [6, 6.07) is 13.1. The van der Waals surface area contributed by atoms with E-state index in [-0.39, 0.29) is 6.61 Å². The molecular weight excluding hydrogens is 437 g/mol. The molecule has 0 unspecified atom stereocenters. The van der Waals surface area contributed by atoms with Crippen molar-refractivity contribution in [2.45, 2.75) is 0 Å². The van der Waals surface area contributed by atoms with Gasteiger partial charge in [0, 0.05) is 10.6 Å². The lowest BCUT2D eigenvalue weighted by atomic mass is 10.0. The SMILES string of the molecule is C#CCOc1c(I)cc(C=C(C#N)c2ccccc2Cl)cc1OC. The molecule has 24 heavy (non-hydrogen) atoms. The van der Waals surface area contributed by atoms with Crippen LogP contribution in [0.15, 0.2) is 36.4 Å². The Morgan fingerprint density at radius 1 is 1.38 bits per heavy atom. The first-order valence-electron chi connectivity index (χ1n) is 6.91. The van der Waals surface area contributed by atoms with E-state index < -0.39 is 0 Å². The highest BCUT2D eigenvalue weighted by Crippen LogP contribution is 2.35. The van der Waals surface area contributed by atoms with E-state index in [0.717, 1.165) is 9.13 Å². The second-order valence-corrected chi connectivity index (χ2v) is 6.25. The molecule has 0 aliphatic rings. The summed E-state index contributed by atoms with van der Waals surface area (Å²) in [5.41, 5.74) is 1.96. The number of hydrogen-bond acceptors (Lipinski definition) is 3. The van der Waals surface area contributed by atoms with Crippen LogP contribution < -0.4 is 9.47 Å². The fraction of sp³-hybridized carbons (Fsp3) is 0.105. The summed E-state index contributed by atoms with van der Waals surface area (Å²) >= 11 is 8.32. The third kappa shape index (κ3) is 4.23. The summed E-state index contributed by atoms with van der Waals surface area (Å²) in [5.74, 6) is 3.57. The monoisotopic (exact) mass is 449 g/mol. The lowest BCUT2D eigenvalue weighted by molar-refractivity contribution is 0.328. The molecular formula is C19H13ClINO2. The van der Waals surface area contributed by atoms with Crippen molar-refractivity contribution < 1.29 is 9.47 Å². The van der Waals surface area contributed by atoms with Gasteiger partial charge in [-0.25, -0.2) is 0 Å². The molecule has 0 spiro atoms. The zero-order valence-corrected chi connectivity index (χ0v) is 15.8. The van der Waals surface area contributed by atoms with E-state index >= 15 is 0 Å². The van der Waals surface area contributed by atoms with Crippen molar-refractivity contribution >= 4 is 45.8 Å². The minimum absolute atomic E-state index is 0.157. The molecule has 0 aromatic heterocycles. The van der Waals surface area contributed by atoms with Crippen molar-refractivity contribution in [3.8, 4) is 29.9 Å². The summed E-state index contributed by atoms with van der Waals surface area (Å²) in [7, 11) is 1.56. The number of ether oxygens (including phenoxy) is 2. The van der Waals surface area contributed by atoms with Gasteiger partial charge in [0.25, 0.3) is 0 Å². The van der Waals surface area contributed by atoms with Crippen LogP contribution >= 0.6 is 34.2 Å². The molecule has 0 saturated heterocycles. The summed E-state index contributed by atoms with van der Waals surface area (Å²) in [4.78, 5) is 0. The molecule has 3 nitrogen and oxygen atoms in total. The Morgan fingerprint density at radius 2 is 2.12 bits per heavy atom. The molecule has 0 fully saturated rings. The zero-order valence-electron chi connectivity index (χ0n) is 12.8. The van der Waals surface area contributed by atoms with Crippen LogP contribution in [0.1, 0.15) is 11.1 Å². The lowest BCUT2D eigenvalue weighted by Crippen LogP contribution is -1.99. The van der Waals surface area contributed by atoms with Gasteiger partial charge in [-0.05, 0) is 52.4 Å². The topological polar surface area (TPSA) is 42.2 Å². The van der Waals surface area contributed by atoms with E-state index in [1.54, 1.807) is 25.3 Å². The first kappa shape index (κ1) is 18.2. The van der Waals surface area contributed by atoms with Crippen LogP contribution in [0.4, 0.5) is 0 Å². The van der Waals surface area contributed by atoms with Gasteiger partial charge in [-0.2, -0.15) is 5.26 Å². The Balaban J connectivity index is 2.49. The van der Waals surface area contributed by atoms with E-state index in [1.165, 1.54) is 0 Å². The zero-order chi connectivity index (χ0) is 17.5. The number of halogens is 2. The highest BCUT2D eigenvalue weighted by molar-refractivity contribution is 14.1. The van der Waals surface area contributed by atoms with E-state index in [1.807, 2.05) is 24.3 Å². The number of allylic oxidation sites excluding steroid dienone is 1. The van der Waals surface area contributed by atoms with Crippen LogP contribution in [0.5, 0.6) is 11.5 Å². The van der Waals surface area contributed by atoms with Crippen LogP contribution in [0.2, 0.25) is 5.02 Å². The van der Waals surface area contributed by atoms with Gasteiger partial charge in [0.2, 0.25) is 0 Å². The Morgan fingerprint density at radius 3 is 2.75 bits per heavy atom. The minimum atomic E-state index is 0.157. The number of methoxy groups -OCH3 is 1. The quantitative estimate of drug-likeness (QED) is 0.278. The van der Waals surface area contributed by atoms with Crippen LogP contribution in [0, 0.1) is 27.2 Å². The van der Waals surface area contributed by atoms with E-state index in [0.29, 0.717) is 27.7 Å². The van der Waals surface area contributed by atoms with Crippen molar-refractivity contribution in [2.24, 2.45) is 0 Å². The van der Waals surface area contributed by atoms with Gasteiger partial charge in [0.1, 0.15) is 6.61 Å². The summed E-state index contributed by atoms with van der Waals surface area (Å²) < 4.78 is 11.7. The molecule has 2 rings (SSSR count). The average Bonchev–Trinajstić information content (AvgIpc) is 2.59. The van der Waals surface area contributed by atoms with E-state index in [2.05, 4.69) is 34.6 Å². The molecule has 120 valence electrons. The molecule has 0 saturated carbocycles. The summed E-state index contributed by atoms with van der Waals surface area (Å²) in [5, 5.41) is 10.0. The highest BCUT2D eigenvalue weighted by Gasteiger charge is 2.12. The van der Waals surface area contributed by atoms with Gasteiger partial charge in [-0.3, -0.25) is 0 Å². The van der Waals surface area contributed by atoms with Gasteiger partial charge in [0.05, 0.1) is 22.3 Å². The minimum Gasteiger partial charge on any atom is -0.493 e. The van der Waals surface area contributed by atoms with Crippen LogP contribution in [0.3, 0.4) is 0 Å². The number of terminal acetylenes is 1. The van der Waals surface area contributed by atoms with Crippen LogP contribution in [-0.4, -0.2) is 13.7 Å². The number of hydrogen-bond donors (Lipinski definition) is 0. The lowest BCUT2D eigenvalue weighted by Gasteiger charge is -2.12. The molecule has 0 N–H and O–H groups in total. The predicted molar refractivity (Wildman–Crippen MR) is 105 cm³/mol. The molecule has 2 aromatic carbocycles. The maximum absolute atomic E-state index is 9.47. The van der Waals surface area contributed by atoms with Gasteiger partial charge in [-0.15, -0.1) is 6.42 Å². The van der Waals surface area contributed by atoms with Crippen LogP contribution in [0.25, 0.3) is 11.6 Å². The van der Waals surface area contributed by atoms with Crippen molar-refractivity contribution in [2.75, 3.05) is 13.7 Å². The number of nitrogens with zero attached hydrogens (tertiary/aromatic N) is 1. The second kappa shape index (κ2) is 8.63. The fourth-order valence-electron chi connectivity index (χ4n) is 2.09. The van der Waals surface area contributed by atoms with E-state index in [9.17, 15) is 5.26 Å². The second-order valence-electron chi connectivity index (χ2n) is 4.68. The summed E-state index contributed by atoms with van der Waals surface area (Å²) in [6.07, 6.45) is 6.99. The first-order chi connectivity index (χ1) is 11.6. The predicted octanol–water partition coefficient (Wildman–Crippen LogP) is 5.03. The average molecular weight is 450 g/mol. The van der Waals surface area contributed by atoms with Crippen LogP contribution in [-0.2, 0) is 0 Å². The number of rotatable bonds is 5. The Hall–Kier alpha value is -2.15. The highest BCUT2D eigenvalue weighted by atomic mass is 127. The third-order valence-electron chi connectivity index (χ3n) is 3.15.